The number of rotatable bonds is 9. The number of para-hydroxylation sites is 8. The van der Waals surface area contributed by atoms with E-state index in [1.807, 2.05) is 36.4 Å². The van der Waals surface area contributed by atoms with E-state index in [2.05, 4.69) is 314 Å². The average Bonchev–Trinajstić information content (AvgIpc) is 1.59. The number of fused-ring (bicyclic) bond motifs is 15. The van der Waals surface area contributed by atoms with Crippen LogP contribution in [0.3, 0.4) is 0 Å². The Morgan fingerprint density at radius 1 is 0.168 bits per heavy atom. The third-order valence-electron chi connectivity index (χ3n) is 19.5. The highest BCUT2D eigenvalue weighted by atomic mass is 15.1. The fourth-order valence-corrected chi connectivity index (χ4v) is 15.4. The van der Waals surface area contributed by atoms with Gasteiger partial charge in [0.15, 0.2) is 17.5 Å². The van der Waals surface area contributed by atoms with Crippen LogP contribution in [0.15, 0.2) is 328 Å². The maximum absolute atomic E-state index is 5.48. The van der Waals surface area contributed by atoms with E-state index in [-0.39, 0.29) is 0 Å². The van der Waals surface area contributed by atoms with Crippen molar-refractivity contribution >= 4 is 109 Å². The first kappa shape index (κ1) is 52.8. The van der Waals surface area contributed by atoms with E-state index in [1.165, 1.54) is 38.1 Å². The van der Waals surface area contributed by atoms with Crippen LogP contribution in [0.5, 0.6) is 0 Å². The molecule has 0 atom stereocenters. The van der Waals surface area contributed by atoms with E-state index in [9.17, 15) is 0 Å². The van der Waals surface area contributed by atoms with Crippen molar-refractivity contribution < 1.29 is 0 Å². The molecule has 0 bridgehead atoms. The molecule has 0 unspecified atom stereocenters. The smallest absolute Gasteiger partial charge is 0.164 e. The molecule has 0 aliphatic rings. The van der Waals surface area contributed by atoms with Crippen molar-refractivity contribution in [1.82, 2.24) is 37.8 Å². The maximum atomic E-state index is 5.48. The molecule has 8 heteroatoms. The molecule has 0 saturated carbocycles. The minimum absolute atomic E-state index is 0.559. The van der Waals surface area contributed by atoms with E-state index in [0.717, 1.165) is 127 Å². The Balaban J connectivity index is 0.879. The van der Waals surface area contributed by atoms with Gasteiger partial charge in [-0.1, -0.05) is 224 Å². The molecule has 0 amide bonds. The van der Waals surface area contributed by atoms with Crippen molar-refractivity contribution in [2.24, 2.45) is 0 Å². The fraction of sp³-hybridized carbons (Fsp3) is 0. The average molecular weight is 1210 g/mol. The van der Waals surface area contributed by atoms with Crippen LogP contribution < -0.4 is 0 Å². The second kappa shape index (κ2) is 20.8. The summed E-state index contributed by atoms with van der Waals surface area (Å²) in [5, 5.41) is 11.8. The fourth-order valence-electron chi connectivity index (χ4n) is 15.4. The highest BCUT2D eigenvalue weighted by Gasteiger charge is 2.28. The van der Waals surface area contributed by atoms with Gasteiger partial charge in [-0.05, 0) is 114 Å². The maximum Gasteiger partial charge on any atom is 0.164 e. The van der Waals surface area contributed by atoms with E-state index >= 15 is 0 Å². The van der Waals surface area contributed by atoms with Crippen LogP contribution in [0, 0.1) is 0 Å². The molecule has 442 valence electrons. The normalized spacial score (nSPS) is 12.0. The molecule has 14 aromatic carbocycles. The first-order valence-electron chi connectivity index (χ1n) is 32.3. The second-order valence-corrected chi connectivity index (χ2v) is 24.7. The minimum Gasteiger partial charge on any atom is -0.309 e. The lowest BCUT2D eigenvalue weighted by molar-refractivity contribution is 1.04. The highest BCUT2D eigenvalue weighted by Crippen LogP contribution is 2.47. The summed E-state index contributed by atoms with van der Waals surface area (Å²) in [6.07, 6.45) is 0. The molecule has 0 spiro atoms. The van der Waals surface area contributed by atoms with Crippen molar-refractivity contribution in [3.8, 4) is 73.7 Å². The van der Waals surface area contributed by atoms with Gasteiger partial charge in [0, 0.05) is 81.9 Å². The molecule has 6 heterocycles. The SMILES string of the molecule is c1ccc(-c2nc(-c3ccccc3)nc(-c3cc(-n4c5ccccc5c5ccccc54)c(-n4c5ccccc5c5ccc(-n6c7ccccc7c7cc(-c8ccc9c(c8)c8ccccc8n9-c8ccccc8)ccc76)cc54)c(-n4c5ccccc5c5ccccc54)c3)n2)cc1. The molecule has 0 fully saturated rings. The highest BCUT2D eigenvalue weighted by molar-refractivity contribution is 6.16. The summed E-state index contributed by atoms with van der Waals surface area (Å²) in [5.41, 5.74) is 21.2. The Morgan fingerprint density at radius 3 is 0.884 bits per heavy atom. The summed E-state index contributed by atoms with van der Waals surface area (Å²) >= 11 is 0. The second-order valence-electron chi connectivity index (χ2n) is 24.7. The van der Waals surface area contributed by atoms with Crippen LogP contribution in [-0.2, 0) is 0 Å². The van der Waals surface area contributed by atoms with Gasteiger partial charge >= 0.3 is 0 Å². The van der Waals surface area contributed by atoms with Crippen LogP contribution in [0.4, 0.5) is 0 Å². The van der Waals surface area contributed by atoms with E-state index in [0.29, 0.717) is 17.5 Å². The third-order valence-corrected chi connectivity index (χ3v) is 19.5. The van der Waals surface area contributed by atoms with Crippen LogP contribution in [-0.4, -0.2) is 37.8 Å². The van der Waals surface area contributed by atoms with Crippen molar-refractivity contribution in [1.29, 1.82) is 0 Å². The quantitative estimate of drug-likeness (QED) is 0.145. The van der Waals surface area contributed by atoms with Crippen LogP contribution in [0.1, 0.15) is 0 Å². The molecule has 0 aliphatic heterocycles. The molecule has 95 heavy (non-hydrogen) atoms. The van der Waals surface area contributed by atoms with Gasteiger partial charge in [0.2, 0.25) is 0 Å². The summed E-state index contributed by atoms with van der Waals surface area (Å²) in [5.74, 6) is 1.75. The Labute approximate surface area is 545 Å². The van der Waals surface area contributed by atoms with Gasteiger partial charge in [-0.3, -0.25) is 0 Å². The summed E-state index contributed by atoms with van der Waals surface area (Å²) < 4.78 is 12.4. The van der Waals surface area contributed by atoms with E-state index in [4.69, 9.17) is 15.0 Å². The molecule has 8 nitrogen and oxygen atoms in total. The summed E-state index contributed by atoms with van der Waals surface area (Å²) in [6, 6.07) is 119. The number of nitrogens with zero attached hydrogens (tertiary/aromatic N) is 8. The zero-order valence-electron chi connectivity index (χ0n) is 51.3. The molecule has 0 radical (unpaired) electrons. The zero-order valence-corrected chi connectivity index (χ0v) is 51.3. The van der Waals surface area contributed by atoms with Crippen molar-refractivity contribution in [2.75, 3.05) is 0 Å². The summed E-state index contributed by atoms with van der Waals surface area (Å²) in [7, 11) is 0. The first-order chi connectivity index (χ1) is 47.1. The molecule has 20 aromatic rings. The summed E-state index contributed by atoms with van der Waals surface area (Å²) in [6.45, 7) is 0. The summed E-state index contributed by atoms with van der Waals surface area (Å²) in [4.78, 5) is 16.2. The Kier molecular flexibility index (Phi) is 11.6. The largest absolute Gasteiger partial charge is 0.309 e. The molecule has 0 N–H and O–H groups in total. The minimum atomic E-state index is 0.559. The lowest BCUT2D eigenvalue weighted by Gasteiger charge is -2.23. The number of benzene rings is 14. The van der Waals surface area contributed by atoms with Gasteiger partial charge in [-0.2, -0.15) is 0 Å². The number of hydrogen-bond acceptors (Lipinski definition) is 3. The zero-order chi connectivity index (χ0) is 62.2. The van der Waals surface area contributed by atoms with Crippen LogP contribution in [0.2, 0.25) is 0 Å². The predicted octanol–water partition coefficient (Wildman–Crippen LogP) is 22.0. The Morgan fingerprint density at radius 2 is 0.474 bits per heavy atom. The molecular formula is C87H54N8. The van der Waals surface area contributed by atoms with Gasteiger partial charge in [0.05, 0.1) is 72.2 Å². The van der Waals surface area contributed by atoms with Crippen molar-refractivity contribution in [3.05, 3.63) is 328 Å². The lowest BCUT2D eigenvalue weighted by Crippen LogP contribution is -2.11. The molecule has 20 rings (SSSR count). The monoisotopic (exact) mass is 1210 g/mol. The molecule has 0 aliphatic carbocycles. The number of aromatic nitrogens is 8. The first-order valence-corrected chi connectivity index (χ1v) is 32.3. The molecular weight excluding hydrogens is 1160 g/mol. The van der Waals surface area contributed by atoms with Gasteiger partial charge in [0.1, 0.15) is 0 Å². The van der Waals surface area contributed by atoms with Crippen LogP contribution >= 0.6 is 0 Å². The van der Waals surface area contributed by atoms with E-state index in [1.54, 1.807) is 0 Å². The van der Waals surface area contributed by atoms with Gasteiger partial charge in [0.25, 0.3) is 0 Å². The van der Waals surface area contributed by atoms with Gasteiger partial charge < -0.3 is 22.8 Å². The Bertz CT molecular complexity index is 6220. The topological polar surface area (TPSA) is 63.3 Å². The van der Waals surface area contributed by atoms with Crippen LogP contribution in [0.25, 0.3) is 183 Å². The Hall–Kier alpha value is -12.9. The van der Waals surface area contributed by atoms with Crippen molar-refractivity contribution in [2.45, 2.75) is 0 Å². The lowest BCUT2D eigenvalue weighted by atomic mass is 10.0. The number of hydrogen-bond donors (Lipinski definition) is 0. The standard InChI is InChI=1S/C87H54N8/c1-4-24-55(25-5-1)85-88-86(56-26-6-2-7-27-56)90-87(89-85)59-52-82(93-74-39-19-10-30-62(74)63-31-11-20-40-75(63)93)84(83(53-59)94-76-41-21-12-32-64(76)65-33-13-22-42-77(65)94)95-78-43-23-14-34-66(78)69-47-46-61(54-81(69)95)92-73-38-18-16-36-68(73)71-51-58(45-49-80(71)92)57-44-48-79-70(50-57)67-35-15-17-37-72(67)91(79)60-28-8-3-9-29-60/h1-54H. The molecule has 0 saturated heterocycles. The van der Waals surface area contributed by atoms with Crippen molar-refractivity contribution in [3.63, 3.8) is 0 Å². The van der Waals surface area contributed by atoms with Gasteiger partial charge in [-0.15, -0.1) is 0 Å². The third kappa shape index (κ3) is 8.05. The molecule has 6 aromatic heterocycles. The van der Waals surface area contributed by atoms with E-state index < -0.39 is 0 Å². The van der Waals surface area contributed by atoms with Gasteiger partial charge in [-0.25, -0.2) is 15.0 Å². The predicted molar refractivity (Wildman–Crippen MR) is 393 cm³/mol.